The molecule has 1 aromatic heterocycles. The molecule has 0 bridgehead atoms. The SMILES string of the molecule is COc1ncc(Br)cc1C1(CO)CCC1. The molecule has 4 heteroatoms. The molecule has 1 aromatic rings. The third-order valence-corrected chi connectivity index (χ3v) is 3.63. The van der Waals surface area contributed by atoms with Crippen LogP contribution in [-0.4, -0.2) is 23.8 Å². The van der Waals surface area contributed by atoms with E-state index in [4.69, 9.17) is 4.74 Å². The molecular formula is C11H14BrNO2. The molecule has 0 aromatic carbocycles. The van der Waals surface area contributed by atoms with Gasteiger partial charge < -0.3 is 9.84 Å². The van der Waals surface area contributed by atoms with Gasteiger partial charge in [0.05, 0.1) is 13.7 Å². The molecule has 82 valence electrons. The van der Waals surface area contributed by atoms with Crippen molar-refractivity contribution in [2.45, 2.75) is 24.7 Å². The van der Waals surface area contributed by atoms with Gasteiger partial charge in [-0.05, 0) is 34.8 Å². The zero-order valence-corrected chi connectivity index (χ0v) is 10.2. The molecule has 0 atom stereocenters. The third kappa shape index (κ3) is 1.76. The molecule has 1 saturated carbocycles. The minimum atomic E-state index is -0.123. The number of nitrogens with zero attached hydrogens (tertiary/aromatic N) is 1. The van der Waals surface area contributed by atoms with Crippen molar-refractivity contribution >= 4 is 15.9 Å². The molecule has 0 saturated heterocycles. The molecule has 2 rings (SSSR count). The summed E-state index contributed by atoms with van der Waals surface area (Å²) in [6.45, 7) is 0.168. The first-order valence-electron chi connectivity index (χ1n) is 5.03. The Labute approximate surface area is 97.6 Å². The number of hydrogen-bond acceptors (Lipinski definition) is 3. The maximum Gasteiger partial charge on any atom is 0.216 e. The number of pyridine rings is 1. The van der Waals surface area contributed by atoms with Gasteiger partial charge in [-0.1, -0.05) is 6.42 Å². The first kappa shape index (κ1) is 10.9. The second-order valence-electron chi connectivity index (χ2n) is 4.00. The van der Waals surface area contributed by atoms with Crippen molar-refractivity contribution in [2.75, 3.05) is 13.7 Å². The summed E-state index contributed by atoms with van der Waals surface area (Å²) in [6.07, 6.45) is 4.90. The molecular weight excluding hydrogens is 258 g/mol. The molecule has 1 aliphatic rings. The Morgan fingerprint density at radius 2 is 2.33 bits per heavy atom. The van der Waals surface area contributed by atoms with Crippen LogP contribution < -0.4 is 4.74 Å². The summed E-state index contributed by atoms with van der Waals surface area (Å²) in [6, 6.07) is 2.00. The van der Waals surface area contributed by atoms with Crippen LogP contribution in [0.1, 0.15) is 24.8 Å². The lowest BCUT2D eigenvalue weighted by atomic mass is 9.65. The number of hydrogen-bond donors (Lipinski definition) is 1. The summed E-state index contributed by atoms with van der Waals surface area (Å²) in [5.41, 5.74) is 0.899. The Bertz CT molecular complexity index is 358. The van der Waals surface area contributed by atoms with Gasteiger partial charge in [0.2, 0.25) is 5.88 Å². The summed E-state index contributed by atoms with van der Waals surface area (Å²) < 4.78 is 6.17. The highest BCUT2D eigenvalue weighted by Crippen LogP contribution is 2.46. The van der Waals surface area contributed by atoms with Crippen molar-refractivity contribution < 1.29 is 9.84 Å². The molecule has 0 aliphatic heterocycles. The maximum absolute atomic E-state index is 9.50. The second kappa shape index (κ2) is 4.10. The minimum absolute atomic E-state index is 0.123. The lowest BCUT2D eigenvalue weighted by Gasteiger charge is -2.41. The molecule has 3 nitrogen and oxygen atoms in total. The van der Waals surface area contributed by atoms with Crippen LogP contribution in [0.5, 0.6) is 5.88 Å². The van der Waals surface area contributed by atoms with E-state index in [2.05, 4.69) is 20.9 Å². The van der Waals surface area contributed by atoms with Crippen LogP contribution in [0.4, 0.5) is 0 Å². The molecule has 0 unspecified atom stereocenters. The van der Waals surface area contributed by atoms with Gasteiger partial charge in [0, 0.05) is 21.6 Å². The first-order valence-corrected chi connectivity index (χ1v) is 5.82. The van der Waals surface area contributed by atoms with Gasteiger partial charge in [0.25, 0.3) is 0 Å². The fourth-order valence-corrected chi connectivity index (χ4v) is 2.42. The number of aliphatic hydroxyl groups excluding tert-OH is 1. The van der Waals surface area contributed by atoms with Crippen molar-refractivity contribution in [3.05, 3.63) is 22.3 Å². The summed E-state index contributed by atoms with van der Waals surface area (Å²) in [4.78, 5) is 4.21. The predicted octanol–water partition coefficient (Wildman–Crippen LogP) is 2.27. The number of rotatable bonds is 3. The van der Waals surface area contributed by atoms with Crippen LogP contribution in [0, 0.1) is 0 Å². The van der Waals surface area contributed by atoms with Crippen LogP contribution in [0.2, 0.25) is 0 Å². The van der Waals surface area contributed by atoms with Crippen molar-refractivity contribution in [3.63, 3.8) is 0 Å². The van der Waals surface area contributed by atoms with E-state index in [1.807, 2.05) is 6.07 Å². The standard InChI is InChI=1S/C11H14BrNO2/c1-15-10-9(5-8(12)6-13-10)11(7-14)3-2-4-11/h5-6,14H,2-4,7H2,1H3. The number of halogens is 1. The van der Waals surface area contributed by atoms with Gasteiger partial charge in [-0.2, -0.15) is 0 Å². The molecule has 0 radical (unpaired) electrons. The summed E-state index contributed by atoms with van der Waals surface area (Å²) >= 11 is 3.40. The normalized spacial score (nSPS) is 18.3. The topological polar surface area (TPSA) is 42.4 Å². The Morgan fingerprint density at radius 1 is 1.60 bits per heavy atom. The van der Waals surface area contributed by atoms with E-state index >= 15 is 0 Å². The van der Waals surface area contributed by atoms with Gasteiger partial charge in [-0.15, -0.1) is 0 Å². The monoisotopic (exact) mass is 271 g/mol. The van der Waals surface area contributed by atoms with E-state index in [1.165, 1.54) is 0 Å². The summed E-state index contributed by atoms with van der Waals surface area (Å²) in [5, 5.41) is 9.50. The highest BCUT2D eigenvalue weighted by atomic mass is 79.9. The fourth-order valence-electron chi connectivity index (χ4n) is 2.09. The number of aromatic nitrogens is 1. The quantitative estimate of drug-likeness (QED) is 0.917. The Balaban J connectivity index is 2.44. The van der Waals surface area contributed by atoms with Gasteiger partial charge >= 0.3 is 0 Å². The van der Waals surface area contributed by atoms with Crippen molar-refractivity contribution in [3.8, 4) is 5.88 Å². The van der Waals surface area contributed by atoms with Crippen LogP contribution in [0.3, 0.4) is 0 Å². The molecule has 1 N–H and O–H groups in total. The molecule has 0 amide bonds. The molecule has 15 heavy (non-hydrogen) atoms. The zero-order chi connectivity index (χ0) is 10.9. The Hall–Kier alpha value is -0.610. The number of ether oxygens (including phenoxy) is 1. The fraction of sp³-hybridized carbons (Fsp3) is 0.545. The van der Waals surface area contributed by atoms with E-state index in [-0.39, 0.29) is 12.0 Å². The summed E-state index contributed by atoms with van der Waals surface area (Å²) in [5.74, 6) is 0.631. The van der Waals surface area contributed by atoms with E-state index in [9.17, 15) is 5.11 Å². The third-order valence-electron chi connectivity index (χ3n) is 3.20. The Morgan fingerprint density at radius 3 is 2.80 bits per heavy atom. The number of methoxy groups -OCH3 is 1. The maximum atomic E-state index is 9.50. The van der Waals surface area contributed by atoms with Crippen molar-refractivity contribution in [2.24, 2.45) is 0 Å². The smallest absolute Gasteiger partial charge is 0.216 e. The summed E-state index contributed by atoms with van der Waals surface area (Å²) in [7, 11) is 1.61. The molecule has 1 fully saturated rings. The zero-order valence-electron chi connectivity index (χ0n) is 8.66. The van der Waals surface area contributed by atoms with Gasteiger partial charge in [0.15, 0.2) is 0 Å². The lowest BCUT2D eigenvalue weighted by Crippen LogP contribution is -2.38. The average molecular weight is 272 g/mol. The van der Waals surface area contributed by atoms with Gasteiger partial charge in [-0.3, -0.25) is 0 Å². The van der Waals surface area contributed by atoms with E-state index in [1.54, 1.807) is 13.3 Å². The van der Waals surface area contributed by atoms with Crippen LogP contribution in [0.25, 0.3) is 0 Å². The van der Waals surface area contributed by atoms with Gasteiger partial charge in [-0.25, -0.2) is 4.98 Å². The van der Waals surface area contributed by atoms with E-state index < -0.39 is 0 Å². The first-order chi connectivity index (χ1) is 7.22. The van der Waals surface area contributed by atoms with Crippen molar-refractivity contribution in [1.29, 1.82) is 0 Å². The highest BCUT2D eigenvalue weighted by Gasteiger charge is 2.40. The molecule has 0 spiro atoms. The van der Waals surface area contributed by atoms with Crippen molar-refractivity contribution in [1.82, 2.24) is 4.98 Å². The van der Waals surface area contributed by atoms with Gasteiger partial charge in [0.1, 0.15) is 0 Å². The van der Waals surface area contributed by atoms with Crippen LogP contribution >= 0.6 is 15.9 Å². The second-order valence-corrected chi connectivity index (χ2v) is 4.92. The van der Waals surface area contributed by atoms with Crippen LogP contribution in [0.15, 0.2) is 16.7 Å². The predicted molar refractivity (Wildman–Crippen MR) is 61.1 cm³/mol. The molecule has 1 aliphatic carbocycles. The molecule has 1 heterocycles. The van der Waals surface area contributed by atoms with E-state index in [0.29, 0.717) is 5.88 Å². The van der Waals surface area contributed by atoms with E-state index in [0.717, 1.165) is 29.3 Å². The minimum Gasteiger partial charge on any atom is -0.481 e. The lowest BCUT2D eigenvalue weighted by molar-refractivity contribution is 0.116. The largest absolute Gasteiger partial charge is 0.481 e. The van der Waals surface area contributed by atoms with Crippen LogP contribution in [-0.2, 0) is 5.41 Å². The average Bonchev–Trinajstić information content (AvgIpc) is 2.17. The number of aliphatic hydroxyl groups is 1. The highest BCUT2D eigenvalue weighted by molar-refractivity contribution is 9.10. The Kier molecular flexibility index (Phi) is 2.98.